The van der Waals surface area contributed by atoms with Crippen LogP contribution in [0.15, 0.2) is 54.1 Å². The average molecular weight is 416 g/mol. The molecule has 0 radical (unpaired) electrons. The van der Waals surface area contributed by atoms with Gasteiger partial charge in [0.2, 0.25) is 0 Å². The van der Waals surface area contributed by atoms with Gasteiger partial charge in [-0.25, -0.2) is 4.79 Å². The van der Waals surface area contributed by atoms with Crippen molar-refractivity contribution in [2.75, 3.05) is 12.4 Å². The first-order valence-electron chi connectivity index (χ1n) is 8.65. The summed E-state index contributed by atoms with van der Waals surface area (Å²) in [5.74, 6) is -1.51. The van der Waals surface area contributed by atoms with Crippen LogP contribution >= 0.6 is 0 Å². The van der Waals surface area contributed by atoms with E-state index in [0.29, 0.717) is 11.3 Å². The Morgan fingerprint density at radius 3 is 2.57 bits per heavy atom. The maximum absolute atomic E-state index is 12.5. The van der Waals surface area contributed by atoms with Gasteiger partial charge in [-0.3, -0.25) is 4.79 Å². The number of esters is 1. The van der Waals surface area contributed by atoms with E-state index in [2.05, 4.69) is 10.1 Å². The number of hydrogen-bond donors (Lipinski definition) is 1. The predicted molar refractivity (Wildman–Crippen MR) is 104 cm³/mol. The van der Waals surface area contributed by atoms with Gasteiger partial charge in [-0.15, -0.1) is 0 Å². The lowest BCUT2D eigenvalue weighted by Gasteiger charge is -2.15. The van der Waals surface area contributed by atoms with Gasteiger partial charge in [-0.1, -0.05) is 24.3 Å². The minimum atomic E-state index is -3.07. The molecule has 1 N–H and O–H groups in total. The highest BCUT2D eigenvalue weighted by Crippen LogP contribution is 2.25. The van der Waals surface area contributed by atoms with Gasteiger partial charge in [-0.05, 0) is 42.8 Å². The van der Waals surface area contributed by atoms with Crippen molar-refractivity contribution in [1.29, 1.82) is 5.26 Å². The Bertz CT molecular complexity index is 985. The third-order valence-electron chi connectivity index (χ3n) is 3.76. The Kier molecular flexibility index (Phi) is 7.88. The number of nitriles is 1. The Hall–Kier alpha value is -3.93. The topological polar surface area (TPSA) is 97.6 Å². The fourth-order valence-corrected chi connectivity index (χ4v) is 2.32. The number of nitrogens with zero attached hydrogens (tertiary/aromatic N) is 1. The summed E-state index contributed by atoms with van der Waals surface area (Å²) >= 11 is 0. The molecule has 9 heteroatoms. The lowest BCUT2D eigenvalue weighted by Crippen LogP contribution is -2.30. The smallest absolute Gasteiger partial charge is 0.387 e. The molecule has 0 heterocycles. The molecule has 2 aromatic rings. The van der Waals surface area contributed by atoms with Crippen LogP contribution in [-0.2, 0) is 14.3 Å². The number of ether oxygens (including phenoxy) is 3. The van der Waals surface area contributed by atoms with E-state index < -0.39 is 24.6 Å². The van der Waals surface area contributed by atoms with E-state index in [1.165, 1.54) is 44.4 Å². The number of carbonyl (C=O) groups is 2. The summed E-state index contributed by atoms with van der Waals surface area (Å²) in [6, 6.07) is 13.9. The van der Waals surface area contributed by atoms with Crippen molar-refractivity contribution in [2.45, 2.75) is 19.6 Å². The van der Waals surface area contributed by atoms with Crippen molar-refractivity contribution < 1.29 is 32.6 Å². The fourth-order valence-electron chi connectivity index (χ4n) is 2.32. The molecular formula is C21H18F2N2O5. The summed E-state index contributed by atoms with van der Waals surface area (Å²) in [6.45, 7) is -1.79. The normalized spacial score (nSPS) is 11.9. The number of rotatable bonds is 8. The molecule has 0 aliphatic heterocycles. The van der Waals surface area contributed by atoms with Crippen molar-refractivity contribution in [1.82, 2.24) is 0 Å². The molecule has 0 aromatic heterocycles. The number of hydrogen-bond acceptors (Lipinski definition) is 6. The third kappa shape index (κ3) is 6.31. The van der Waals surface area contributed by atoms with Crippen LogP contribution in [0, 0.1) is 11.3 Å². The van der Waals surface area contributed by atoms with Crippen molar-refractivity contribution in [3.05, 3.63) is 59.7 Å². The monoisotopic (exact) mass is 416 g/mol. The Morgan fingerprint density at radius 1 is 1.17 bits per heavy atom. The fraction of sp³-hybridized carbons (Fsp3) is 0.190. The number of benzene rings is 2. The molecular weight excluding hydrogens is 398 g/mol. The Balaban J connectivity index is 2.08. The van der Waals surface area contributed by atoms with Crippen LogP contribution in [0.1, 0.15) is 12.5 Å². The maximum Gasteiger partial charge on any atom is 0.387 e. The van der Waals surface area contributed by atoms with E-state index in [-0.39, 0.29) is 17.0 Å². The number of methoxy groups -OCH3 is 1. The number of nitrogens with one attached hydrogen (secondary N) is 1. The average Bonchev–Trinajstić information content (AvgIpc) is 2.73. The summed E-state index contributed by atoms with van der Waals surface area (Å²) in [5, 5.41) is 11.6. The molecule has 0 saturated heterocycles. The number of halogens is 2. The van der Waals surface area contributed by atoms with Crippen molar-refractivity contribution in [3.8, 4) is 17.6 Å². The molecule has 1 atom stereocenters. The zero-order valence-corrected chi connectivity index (χ0v) is 16.1. The highest BCUT2D eigenvalue weighted by molar-refractivity contribution is 6.01. The second-order valence-electron chi connectivity index (χ2n) is 5.86. The number of carbonyl (C=O) groups excluding carboxylic acids is 2. The zero-order valence-electron chi connectivity index (χ0n) is 16.1. The van der Waals surface area contributed by atoms with Crippen molar-refractivity contribution in [2.24, 2.45) is 0 Å². The highest BCUT2D eigenvalue weighted by Gasteiger charge is 2.22. The number of alkyl halides is 2. The molecule has 0 unspecified atom stereocenters. The molecule has 0 bridgehead atoms. The van der Waals surface area contributed by atoms with Crippen LogP contribution in [0.5, 0.6) is 11.5 Å². The van der Waals surface area contributed by atoms with Gasteiger partial charge in [0, 0.05) is 0 Å². The quantitative estimate of drug-likeness (QED) is 0.400. The van der Waals surface area contributed by atoms with Crippen LogP contribution in [0.25, 0.3) is 6.08 Å². The van der Waals surface area contributed by atoms with Gasteiger partial charge in [-0.2, -0.15) is 14.0 Å². The molecule has 156 valence electrons. The molecule has 0 spiro atoms. The highest BCUT2D eigenvalue weighted by atomic mass is 19.3. The van der Waals surface area contributed by atoms with Crippen LogP contribution in [0.2, 0.25) is 0 Å². The number of anilines is 1. The number of amides is 1. The Labute approximate surface area is 171 Å². The van der Waals surface area contributed by atoms with Gasteiger partial charge < -0.3 is 19.5 Å². The third-order valence-corrected chi connectivity index (χ3v) is 3.76. The molecule has 0 aliphatic rings. The first kappa shape index (κ1) is 22.4. The van der Waals surface area contributed by atoms with Gasteiger partial charge >= 0.3 is 12.6 Å². The SMILES string of the molecule is COc1cccc(/C=C(\C#N)C(=O)O[C@@H](C)C(=O)Nc2ccccc2OC(F)F)c1. The second kappa shape index (κ2) is 10.6. The molecule has 0 fully saturated rings. The molecule has 0 saturated carbocycles. The van der Waals surface area contributed by atoms with Crippen LogP contribution in [0.4, 0.5) is 14.5 Å². The molecule has 1 amide bonds. The van der Waals surface area contributed by atoms with Crippen LogP contribution in [0.3, 0.4) is 0 Å². The molecule has 2 aromatic carbocycles. The van der Waals surface area contributed by atoms with Gasteiger partial charge in [0.25, 0.3) is 5.91 Å². The first-order valence-corrected chi connectivity index (χ1v) is 8.65. The Morgan fingerprint density at radius 2 is 1.90 bits per heavy atom. The second-order valence-corrected chi connectivity index (χ2v) is 5.86. The van der Waals surface area contributed by atoms with E-state index in [1.807, 2.05) is 0 Å². The van der Waals surface area contributed by atoms with Crippen molar-refractivity contribution in [3.63, 3.8) is 0 Å². The standard InChI is InChI=1S/C21H18F2N2O5/c1-13(19(26)25-17-8-3-4-9-18(17)30-21(22)23)29-20(27)15(12-24)10-14-6-5-7-16(11-14)28-2/h3-11,13,21H,1-2H3,(H,25,26)/b15-10+/t13-/m0/s1. The largest absolute Gasteiger partial charge is 0.497 e. The summed E-state index contributed by atoms with van der Waals surface area (Å²) in [7, 11) is 1.48. The summed E-state index contributed by atoms with van der Waals surface area (Å²) < 4.78 is 39.4. The maximum atomic E-state index is 12.5. The minimum Gasteiger partial charge on any atom is -0.497 e. The van der Waals surface area contributed by atoms with E-state index >= 15 is 0 Å². The van der Waals surface area contributed by atoms with Crippen molar-refractivity contribution >= 4 is 23.6 Å². The number of para-hydroxylation sites is 2. The summed E-state index contributed by atoms with van der Waals surface area (Å²) in [5.41, 5.74) is 0.181. The molecule has 0 aliphatic carbocycles. The van der Waals surface area contributed by atoms with Gasteiger partial charge in [0.05, 0.1) is 12.8 Å². The molecule has 30 heavy (non-hydrogen) atoms. The first-order chi connectivity index (χ1) is 14.3. The molecule has 7 nitrogen and oxygen atoms in total. The zero-order chi connectivity index (χ0) is 22.1. The predicted octanol–water partition coefficient (Wildman–Crippen LogP) is 3.77. The van der Waals surface area contributed by atoms with E-state index in [9.17, 15) is 23.6 Å². The minimum absolute atomic E-state index is 0.0156. The van der Waals surface area contributed by atoms with Gasteiger partial charge in [0.1, 0.15) is 23.1 Å². The lowest BCUT2D eigenvalue weighted by molar-refractivity contribution is -0.148. The van der Waals surface area contributed by atoms with E-state index in [4.69, 9.17) is 9.47 Å². The van der Waals surface area contributed by atoms with Crippen LogP contribution < -0.4 is 14.8 Å². The van der Waals surface area contributed by atoms with Crippen LogP contribution in [-0.4, -0.2) is 31.7 Å². The lowest BCUT2D eigenvalue weighted by atomic mass is 10.1. The van der Waals surface area contributed by atoms with Gasteiger partial charge in [0.15, 0.2) is 6.10 Å². The van der Waals surface area contributed by atoms with E-state index in [0.717, 1.165) is 0 Å². The van der Waals surface area contributed by atoms with E-state index in [1.54, 1.807) is 30.3 Å². The molecule has 2 rings (SSSR count). The summed E-state index contributed by atoms with van der Waals surface area (Å²) in [4.78, 5) is 24.6. The summed E-state index contributed by atoms with van der Waals surface area (Å²) in [6.07, 6.45) is -0.0134.